The van der Waals surface area contributed by atoms with Crippen LogP contribution in [0.5, 0.6) is 0 Å². The van der Waals surface area contributed by atoms with Crippen LogP contribution in [0.2, 0.25) is 0 Å². The molecule has 5 heteroatoms. The summed E-state index contributed by atoms with van der Waals surface area (Å²) < 4.78 is 0. The predicted molar refractivity (Wildman–Crippen MR) is 55.5 cm³/mol. The van der Waals surface area contributed by atoms with Crippen molar-refractivity contribution in [3.05, 3.63) is 0 Å². The minimum absolute atomic E-state index is 0.227. The van der Waals surface area contributed by atoms with E-state index in [9.17, 15) is 14.7 Å². The number of aliphatic carboxylic acids is 1. The van der Waals surface area contributed by atoms with Crippen LogP contribution >= 0.6 is 0 Å². The Hall–Kier alpha value is -1.10. The highest BCUT2D eigenvalue weighted by Crippen LogP contribution is 2.02. The molecule has 0 aromatic heterocycles. The molecule has 0 bridgehead atoms. The van der Waals surface area contributed by atoms with E-state index >= 15 is 0 Å². The number of carboxylic acids is 1. The number of carbonyl (C=O) groups excluding carboxylic acids is 2. The summed E-state index contributed by atoms with van der Waals surface area (Å²) in [6, 6.07) is -0.271. The van der Waals surface area contributed by atoms with Crippen molar-refractivity contribution in [2.24, 2.45) is 5.92 Å². The fraction of sp³-hybridized carbons (Fsp3) is 0.800. The first-order valence-electron chi connectivity index (χ1n) is 5.04. The van der Waals surface area contributed by atoms with E-state index in [1.807, 2.05) is 13.8 Å². The average molecular weight is 218 g/mol. The zero-order valence-corrected chi connectivity index (χ0v) is 9.95. The van der Waals surface area contributed by atoms with Crippen LogP contribution in [0.4, 0.5) is 0 Å². The third kappa shape index (κ3) is 15.6. The molecule has 0 unspecified atom stereocenters. The van der Waals surface area contributed by atoms with E-state index in [2.05, 4.69) is 24.9 Å². The summed E-state index contributed by atoms with van der Waals surface area (Å²) in [5, 5.41) is 12.5. The van der Waals surface area contributed by atoms with Crippen LogP contribution in [0.1, 0.15) is 34.1 Å². The second-order valence-electron chi connectivity index (χ2n) is 4.18. The standard InChI is InChI=1S/C7H13NO3.C3H9N/c1-5(2)3-6(7(10)11)8-4-9;1-3(2)4/h4-6H,3H2,1-2H3,(H,8,9)(H,10,11);3H,4H2,1-2H3/t6-;/m0./s1. The molecule has 5 nitrogen and oxygen atoms in total. The van der Waals surface area contributed by atoms with Gasteiger partial charge in [-0.2, -0.15) is 0 Å². The van der Waals surface area contributed by atoms with Gasteiger partial charge in [0.1, 0.15) is 0 Å². The van der Waals surface area contributed by atoms with Crippen LogP contribution in [0.15, 0.2) is 0 Å². The molecule has 0 aliphatic heterocycles. The first-order chi connectivity index (χ1) is 6.81. The summed E-state index contributed by atoms with van der Waals surface area (Å²) in [5.74, 6) is -1.00. The number of nitrogens with one attached hydrogen (secondary N) is 1. The monoisotopic (exact) mass is 218 g/mol. The topological polar surface area (TPSA) is 96.9 Å². The first kappa shape index (κ1) is 16.3. The Morgan fingerprint density at radius 3 is 2.00 bits per heavy atom. The molecule has 0 radical (unpaired) electrons. The normalized spacial score (nSPS) is 11.7. The molecular weight excluding hydrogens is 196 g/mol. The molecule has 90 valence electrons. The van der Waals surface area contributed by atoms with Gasteiger partial charge in [0.15, 0.2) is 0 Å². The fourth-order valence-electron chi connectivity index (χ4n) is 0.786. The molecule has 0 saturated heterocycles. The van der Waals surface area contributed by atoms with Crippen LogP contribution in [0.3, 0.4) is 0 Å². The quantitative estimate of drug-likeness (QED) is 0.551. The highest BCUT2D eigenvalue weighted by molar-refractivity contribution is 5.74. The molecule has 1 atom stereocenters. The minimum atomic E-state index is -1.23. The van der Waals surface area contributed by atoms with E-state index in [4.69, 9.17) is 0 Å². The van der Waals surface area contributed by atoms with Gasteiger partial charge in [-0.05, 0) is 26.2 Å². The van der Waals surface area contributed by atoms with Gasteiger partial charge in [0.05, 0.1) is 18.1 Å². The Kier molecular flexibility index (Phi) is 10.3. The molecule has 0 aliphatic rings. The first-order valence-corrected chi connectivity index (χ1v) is 5.04. The molecule has 0 fully saturated rings. The van der Waals surface area contributed by atoms with E-state index in [-0.39, 0.29) is 5.92 Å². The molecule has 15 heavy (non-hydrogen) atoms. The van der Waals surface area contributed by atoms with Gasteiger partial charge in [0.2, 0.25) is 6.41 Å². The van der Waals surface area contributed by atoms with Crippen molar-refractivity contribution in [3.8, 4) is 0 Å². The lowest BCUT2D eigenvalue weighted by molar-refractivity contribution is -0.407. The smallest absolute Gasteiger partial charge is 0.207 e. The Morgan fingerprint density at radius 1 is 1.40 bits per heavy atom. The summed E-state index contributed by atoms with van der Waals surface area (Å²) in [5.41, 5.74) is 3.64. The van der Waals surface area contributed by atoms with E-state index in [1.165, 1.54) is 0 Å². The third-order valence-corrected chi connectivity index (χ3v) is 1.26. The SMILES string of the molecule is CC(C)C[C@H](NC=O)C(=O)[O-].CC(C)[NH3+]. The van der Waals surface area contributed by atoms with Crippen LogP contribution in [-0.2, 0) is 9.59 Å². The lowest BCUT2D eigenvalue weighted by Gasteiger charge is -2.18. The number of hydrogen-bond donors (Lipinski definition) is 2. The highest BCUT2D eigenvalue weighted by Gasteiger charge is 2.09. The molecule has 0 rings (SSSR count). The van der Waals surface area contributed by atoms with Crippen molar-refractivity contribution in [1.29, 1.82) is 0 Å². The van der Waals surface area contributed by atoms with Crippen LogP contribution in [0.25, 0.3) is 0 Å². The van der Waals surface area contributed by atoms with Gasteiger partial charge in [-0.1, -0.05) is 13.8 Å². The molecule has 0 saturated carbocycles. The Bertz CT molecular complexity index is 179. The van der Waals surface area contributed by atoms with Crippen molar-refractivity contribution in [3.63, 3.8) is 0 Å². The lowest BCUT2D eigenvalue weighted by Crippen LogP contribution is -2.57. The summed E-state index contributed by atoms with van der Waals surface area (Å²) >= 11 is 0. The van der Waals surface area contributed by atoms with Gasteiger partial charge in [0, 0.05) is 0 Å². The second kappa shape index (κ2) is 9.45. The summed E-state index contributed by atoms with van der Waals surface area (Å²) in [6.45, 7) is 7.87. The number of carbonyl (C=O) groups is 2. The average Bonchev–Trinajstić information content (AvgIpc) is 2.01. The molecule has 0 spiro atoms. The van der Waals surface area contributed by atoms with Crippen molar-refractivity contribution in [2.75, 3.05) is 0 Å². The van der Waals surface area contributed by atoms with Crippen molar-refractivity contribution >= 4 is 12.4 Å². The van der Waals surface area contributed by atoms with Gasteiger partial charge < -0.3 is 21.0 Å². The van der Waals surface area contributed by atoms with Gasteiger partial charge in [0.25, 0.3) is 0 Å². The Morgan fingerprint density at radius 2 is 1.80 bits per heavy atom. The number of hydrogen-bond acceptors (Lipinski definition) is 3. The van der Waals surface area contributed by atoms with Gasteiger partial charge in [-0.25, -0.2) is 0 Å². The van der Waals surface area contributed by atoms with E-state index in [1.54, 1.807) is 0 Å². The molecular formula is C10H22N2O3. The summed E-state index contributed by atoms with van der Waals surface area (Å²) in [4.78, 5) is 20.2. The number of rotatable bonds is 5. The number of quaternary nitrogens is 1. The van der Waals surface area contributed by atoms with Gasteiger partial charge in [-0.15, -0.1) is 0 Å². The van der Waals surface area contributed by atoms with Gasteiger partial charge in [-0.3, -0.25) is 4.79 Å². The number of carboxylic acid groups (broad SMARTS) is 1. The lowest BCUT2D eigenvalue weighted by atomic mass is 10.0. The van der Waals surface area contributed by atoms with Crippen LogP contribution in [0, 0.1) is 5.92 Å². The fourth-order valence-corrected chi connectivity index (χ4v) is 0.786. The van der Waals surface area contributed by atoms with E-state index in [0.29, 0.717) is 18.9 Å². The van der Waals surface area contributed by atoms with Gasteiger partial charge >= 0.3 is 0 Å². The van der Waals surface area contributed by atoms with Crippen LogP contribution < -0.4 is 16.2 Å². The van der Waals surface area contributed by atoms with Crippen molar-refractivity contribution in [1.82, 2.24) is 5.32 Å². The Balaban J connectivity index is 0. The molecule has 1 amide bonds. The van der Waals surface area contributed by atoms with E-state index in [0.717, 1.165) is 0 Å². The van der Waals surface area contributed by atoms with Crippen molar-refractivity contribution in [2.45, 2.75) is 46.2 Å². The third-order valence-electron chi connectivity index (χ3n) is 1.26. The predicted octanol–water partition coefficient (Wildman–Crippen LogP) is -1.47. The minimum Gasteiger partial charge on any atom is -0.548 e. The molecule has 0 aliphatic carbocycles. The maximum atomic E-state index is 10.3. The zero-order valence-electron chi connectivity index (χ0n) is 9.95. The molecule has 0 heterocycles. The maximum absolute atomic E-state index is 10.3. The highest BCUT2D eigenvalue weighted by atomic mass is 16.4. The summed E-state index contributed by atoms with van der Waals surface area (Å²) in [7, 11) is 0. The zero-order chi connectivity index (χ0) is 12.4. The molecule has 4 N–H and O–H groups in total. The molecule has 0 aromatic rings. The van der Waals surface area contributed by atoms with E-state index < -0.39 is 12.0 Å². The van der Waals surface area contributed by atoms with Crippen LogP contribution in [-0.4, -0.2) is 24.5 Å². The summed E-state index contributed by atoms with van der Waals surface area (Å²) in [6.07, 6.45) is 0.782. The maximum Gasteiger partial charge on any atom is 0.207 e. The second-order valence-corrected chi connectivity index (χ2v) is 4.18. The largest absolute Gasteiger partial charge is 0.548 e. The molecule has 0 aromatic carbocycles. The van der Waals surface area contributed by atoms with Crippen molar-refractivity contribution < 1.29 is 20.4 Å². The number of amides is 1. The Labute approximate surface area is 91.0 Å².